The highest BCUT2D eigenvalue weighted by Crippen LogP contribution is 2.30. The maximum atomic E-state index is 12.3. The summed E-state index contributed by atoms with van der Waals surface area (Å²) in [5.74, 6) is -1.53. The third-order valence-corrected chi connectivity index (χ3v) is 4.57. The normalized spacial score (nSPS) is 13.4. The van der Waals surface area contributed by atoms with E-state index in [0.717, 1.165) is 12.8 Å². The van der Waals surface area contributed by atoms with Crippen molar-refractivity contribution in [3.05, 3.63) is 28.8 Å². The summed E-state index contributed by atoms with van der Waals surface area (Å²) in [5, 5.41) is 3.03. The minimum absolute atomic E-state index is 0.0504. The van der Waals surface area contributed by atoms with Crippen molar-refractivity contribution in [3.8, 4) is 0 Å². The van der Waals surface area contributed by atoms with Crippen molar-refractivity contribution >= 4 is 41.0 Å². The Kier molecular flexibility index (Phi) is 7.80. The summed E-state index contributed by atoms with van der Waals surface area (Å²) >= 11 is 6.16. The molecule has 0 radical (unpaired) electrons. The number of nitrogens with one attached hydrogen (secondary N) is 1. The molecular formula is C19H24ClN3O5. The van der Waals surface area contributed by atoms with Crippen molar-refractivity contribution in [3.63, 3.8) is 0 Å². The van der Waals surface area contributed by atoms with E-state index in [4.69, 9.17) is 16.3 Å². The number of carbonyl (C=O) groups excluding carboxylic acids is 4. The molecule has 0 saturated carbocycles. The number of nitrogens with zero attached hydrogens (tertiary/aromatic N) is 2. The highest BCUT2D eigenvalue weighted by Gasteiger charge is 2.25. The number of hydrogen-bond donors (Lipinski definition) is 1. The second kappa shape index (κ2) is 10.1. The molecule has 1 aliphatic heterocycles. The van der Waals surface area contributed by atoms with Gasteiger partial charge < -0.3 is 19.9 Å². The second-order valence-electron chi connectivity index (χ2n) is 6.49. The van der Waals surface area contributed by atoms with Gasteiger partial charge >= 0.3 is 5.97 Å². The topological polar surface area (TPSA) is 96.0 Å². The van der Waals surface area contributed by atoms with Gasteiger partial charge in [0.25, 0.3) is 5.91 Å². The van der Waals surface area contributed by atoms with Gasteiger partial charge in [-0.2, -0.15) is 0 Å². The number of carbonyl (C=O) groups is 4. The SMILES string of the molecule is CCCNC(=O)CN(C)C(=O)COC(=O)c1ccc(Cl)c(N2CCCC2=O)c1. The van der Waals surface area contributed by atoms with E-state index in [1.807, 2.05) is 6.92 Å². The van der Waals surface area contributed by atoms with Crippen LogP contribution < -0.4 is 10.2 Å². The molecule has 152 valence electrons. The molecule has 2 rings (SSSR count). The lowest BCUT2D eigenvalue weighted by atomic mass is 10.2. The Bertz CT molecular complexity index is 768. The van der Waals surface area contributed by atoms with Crippen LogP contribution >= 0.6 is 11.6 Å². The molecule has 1 heterocycles. The second-order valence-corrected chi connectivity index (χ2v) is 6.90. The molecule has 0 bridgehead atoms. The van der Waals surface area contributed by atoms with Gasteiger partial charge in [0.15, 0.2) is 6.61 Å². The van der Waals surface area contributed by atoms with Crippen LogP contribution in [0.1, 0.15) is 36.5 Å². The van der Waals surface area contributed by atoms with Gasteiger partial charge in [0.2, 0.25) is 11.8 Å². The first kappa shape index (κ1) is 21.7. The molecule has 1 N–H and O–H groups in total. The molecule has 9 heteroatoms. The lowest BCUT2D eigenvalue weighted by Crippen LogP contribution is -2.40. The molecule has 0 aliphatic carbocycles. The maximum Gasteiger partial charge on any atom is 0.338 e. The predicted octanol–water partition coefficient (Wildman–Crippen LogP) is 1.61. The monoisotopic (exact) mass is 409 g/mol. The Labute approximate surface area is 168 Å². The summed E-state index contributed by atoms with van der Waals surface area (Å²) in [5.41, 5.74) is 0.643. The first-order valence-electron chi connectivity index (χ1n) is 9.11. The van der Waals surface area contributed by atoms with Crippen LogP contribution in [0.2, 0.25) is 5.02 Å². The Morgan fingerprint density at radius 1 is 1.32 bits per heavy atom. The van der Waals surface area contributed by atoms with Crippen molar-refractivity contribution in [1.29, 1.82) is 0 Å². The minimum Gasteiger partial charge on any atom is -0.452 e. The smallest absolute Gasteiger partial charge is 0.338 e. The van der Waals surface area contributed by atoms with Crippen LogP contribution in [0.4, 0.5) is 5.69 Å². The van der Waals surface area contributed by atoms with Crippen LogP contribution in [0, 0.1) is 0 Å². The fraction of sp³-hybridized carbons (Fsp3) is 0.474. The zero-order chi connectivity index (χ0) is 20.7. The van der Waals surface area contributed by atoms with Gasteiger partial charge in [-0.05, 0) is 31.0 Å². The summed E-state index contributed by atoms with van der Waals surface area (Å²) in [6.07, 6.45) is 1.97. The molecule has 8 nitrogen and oxygen atoms in total. The molecule has 1 aromatic rings. The molecule has 1 fully saturated rings. The summed E-state index contributed by atoms with van der Waals surface area (Å²) in [4.78, 5) is 50.6. The van der Waals surface area contributed by atoms with E-state index >= 15 is 0 Å². The Morgan fingerprint density at radius 2 is 2.07 bits per heavy atom. The fourth-order valence-corrected chi connectivity index (χ4v) is 2.91. The van der Waals surface area contributed by atoms with Crippen LogP contribution in [-0.2, 0) is 19.1 Å². The molecule has 1 saturated heterocycles. The number of likely N-dealkylation sites (N-methyl/N-ethyl adjacent to an activating group) is 1. The molecule has 0 atom stereocenters. The first-order valence-corrected chi connectivity index (χ1v) is 9.49. The van der Waals surface area contributed by atoms with Crippen molar-refractivity contribution < 1.29 is 23.9 Å². The summed E-state index contributed by atoms with van der Waals surface area (Å²) in [7, 11) is 1.46. The average Bonchev–Trinajstić information content (AvgIpc) is 3.10. The van der Waals surface area contributed by atoms with E-state index in [2.05, 4.69) is 5.32 Å². The van der Waals surface area contributed by atoms with E-state index in [9.17, 15) is 19.2 Å². The van der Waals surface area contributed by atoms with Gasteiger partial charge in [-0.15, -0.1) is 0 Å². The molecule has 3 amide bonds. The summed E-state index contributed by atoms with van der Waals surface area (Å²) < 4.78 is 5.05. The number of halogens is 1. The number of amides is 3. The molecule has 28 heavy (non-hydrogen) atoms. The number of ether oxygens (including phenoxy) is 1. The highest BCUT2D eigenvalue weighted by atomic mass is 35.5. The van der Waals surface area contributed by atoms with Gasteiger partial charge in [0.1, 0.15) is 0 Å². The standard InChI is InChI=1S/C19H24ClN3O5/c1-3-8-21-16(24)11-22(2)18(26)12-28-19(27)13-6-7-14(20)15(10-13)23-9-4-5-17(23)25/h6-7,10H,3-5,8-9,11-12H2,1-2H3,(H,21,24). The Balaban J connectivity index is 1.93. The lowest BCUT2D eigenvalue weighted by molar-refractivity contribution is -0.137. The molecular weight excluding hydrogens is 386 g/mol. The molecule has 0 spiro atoms. The molecule has 0 aromatic heterocycles. The zero-order valence-corrected chi connectivity index (χ0v) is 16.8. The Morgan fingerprint density at radius 3 is 2.71 bits per heavy atom. The van der Waals surface area contributed by atoms with E-state index in [1.54, 1.807) is 0 Å². The van der Waals surface area contributed by atoms with E-state index in [1.165, 1.54) is 35.0 Å². The number of hydrogen-bond acceptors (Lipinski definition) is 5. The van der Waals surface area contributed by atoms with Gasteiger partial charge in [0.05, 0.1) is 22.8 Å². The van der Waals surface area contributed by atoms with Crippen LogP contribution in [-0.4, -0.2) is 61.9 Å². The number of benzene rings is 1. The Hall–Kier alpha value is -2.61. The van der Waals surface area contributed by atoms with Crippen molar-refractivity contribution in [2.75, 3.05) is 38.2 Å². The van der Waals surface area contributed by atoms with Crippen molar-refractivity contribution in [2.45, 2.75) is 26.2 Å². The van der Waals surface area contributed by atoms with Crippen molar-refractivity contribution in [1.82, 2.24) is 10.2 Å². The lowest BCUT2D eigenvalue weighted by Gasteiger charge is -2.18. The quantitative estimate of drug-likeness (QED) is 0.658. The highest BCUT2D eigenvalue weighted by molar-refractivity contribution is 6.34. The fourth-order valence-electron chi connectivity index (χ4n) is 2.69. The number of anilines is 1. The van der Waals surface area contributed by atoms with Crippen LogP contribution in [0.25, 0.3) is 0 Å². The van der Waals surface area contributed by atoms with E-state index in [-0.39, 0.29) is 23.9 Å². The van der Waals surface area contributed by atoms with Gasteiger partial charge in [0, 0.05) is 26.6 Å². The van der Waals surface area contributed by atoms with Crippen molar-refractivity contribution in [2.24, 2.45) is 0 Å². The predicted molar refractivity (Wildman–Crippen MR) is 104 cm³/mol. The van der Waals surface area contributed by atoms with Gasteiger partial charge in [-0.25, -0.2) is 4.79 Å². The molecule has 1 aromatic carbocycles. The van der Waals surface area contributed by atoms with Crippen LogP contribution in [0.3, 0.4) is 0 Å². The molecule has 1 aliphatic rings. The summed E-state index contributed by atoms with van der Waals surface area (Å²) in [6, 6.07) is 4.48. The third kappa shape index (κ3) is 5.69. The maximum absolute atomic E-state index is 12.3. The number of rotatable bonds is 8. The van der Waals surface area contributed by atoms with E-state index in [0.29, 0.717) is 30.2 Å². The molecule has 0 unspecified atom stereocenters. The largest absolute Gasteiger partial charge is 0.452 e. The average molecular weight is 410 g/mol. The summed E-state index contributed by atoms with van der Waals surface area (Å²) in [6.45, 7) is 2.40. The first-order chi connectivity index (χ1) is 13.3. The minimum atomic E-state index is -0.707. The van der Waals surface area contributed by atoms with E-state index < -0.39 is 18.5 Å². The van der Waals surface area contributed by atoms with Gasteiger partial charge in [-0.1, -0.05) is 18.5 Å². The van der Waals surface area contributed by atoms with Gasteiger partial charge in [-0.3, -0.25) is 14.4 Å². The van der Waals surface area contributed by atoms with Crippen LogP contribution in [0.5, 0.6) is 0 Å². The zero-order valence-electron chi connectivity index (χ0n) is 16.0. The third-order valence-electron chi connectivity index (χ3n) is 4.25. The number of esters is 1. The van der Waals surface area contributed by atoms with Crippen LogP contribution in [0.15, 0.2) is 18.2 Å².